The monoisotopic (exact) mass is 351 g/mol. The predicted molar refractivity (Wildman–Crippen MR) is 85.1 cm³/mol. The molecule has 2 N–H and O–H groups in total. The summed E-state index contributed by atoms with van der Waals surface area (Å²) in [4.78, 5) is 23.4. The lowest BCUT2D eigenvalue weighted by atomic mass is 10.0. The number of carbonyl (C=O) groups is 2. The molecule has 4 nitrogen and oxygen atoms in total. The molecule has 1 amide bonds. The smallest absolute Gasteiger partial charge is 0.416 e. The number of nitrogens with one attached hydrogen (secondary N) is 1. The zero-order chi connectivity index (χ0) is 18.4. The van der Waals surface area contributed by atoms with Crippen molar-refractivity contribution in [3.8, 4) is 0 Å². The van der Waals surface area contributed by atoms with E-state index in [1.54, 1.807) is 0 Å². The molecule has 0 bridgehead atoms. The normalized spacial score (nSPS) is 12.4. The van der Waals surface area contributed by atoms with Gasteiger partial charge < -0.3 is 10.4 Å². The van der Waals surface area contributed by atoms with Crippen molar-refractivity contribution >= 4 is 11.9 Å². The van der Waals surface area contributed by atoms with E-state index in [4.69, 9.17) is 0 Å². The van der Waals surface area contributed by atoms with Gasteiger partial charge in [-0.25, -0.2) is 4.79 Å². The number of alkyl halides is 3. The van der Waals surface area contributed by atoms with Crippen molar-refractivity contribution in [3.05, 3.63) is 71.3 Å². The molecule has 0 radical (unpaired) electrons. The fourth-order valence-electron chi connectivity index (χ4n) is 2.27. The third-order valence-electron chi connectivity index (χ3n) is 3.64. The molecule has 0 spiro atoms. The molecule has 0 heterocycles. The SMILES string of the molecule is O=C(N[C@@H](CCc1ccccc1)C(=O)O)c1ccc(C(F)(F)F)cc1. The van der Waals surface area contributed by atoms with Crippen molar-refractivity contribution in [1.29, 1.82) is 0 Å². The molecule has 25 heavy (non-hydrogen) atoms. The number of rotatable bonds is 6. The minimum Gasteiger partial charge on any atom is -0.480 e. The van der Waals surface area contributed by atoms with Crippen LogP contribution < -0.4 is 5.32 Å². The van der Waals surface area contributed by atoms with Crippen LogP contribution in [-0.2, 0) is 17.4 Å². The van der Waals surface area contributed by atoms with Crippen molar-refractivity contribution in [2.24, 2.45) is 0 Å². The quantitative estimate of drug-likeness (QED) is 0.837. The van der Waals surface area contributed by atoms with E-state index in [1.807, 2.05) is 30.3 Å². The van der Waals surface area contributed by atoms with Crippen LogP contribution in [0.5, 0.6) is 0 Å². The number of hydrogen-bond donors (Lipinski definition) is 2. The number of amides is 1. The number of aryl methyl sites for hydroxylation is 1. The molecule has 0 aliphatic heterocycles. The largest absolute Gasteiger partial charge is 0.480 e. The maximum atomic E-state index is 12.5. The van der Waals surface area contributed by atoms with Gasteiger partial charge in [0.2, 0.25) is 0 Å². The van der Waals surface area contributed by atoms with E-state index < -0.39 is 29.7 Å². The Morgan fingerprint density at radius 1 is 1.00 bits per heavy atom. The Kier molecular flexibility index (Phi) is 5.80. The summed E-state index contributed by atoms with van der Waals surface area (Å²) in [6, 6.07) is 11.7. The second-order valence-electron chi connectivity index (χ2n) is 5.46. The van der Waals surface area contributed by atoms with E-state index in [-0.39, 0.29) is 12.0 Å². The highest BCUT2D eigenvalue weighted by Gasteiger charge is 2.30. The maximum Gasteiger partial charge on any atom is 0.416 e. The lowest BCUT2D eigenvalue weighted by Gasteiger charge is -2.15. The minimum absolute atomic E-state index is 0.0287. The number of benzene rings is 2. The number of carboxylic acids is 1. The molecular formula is C18H16F3NO3. The highest BCUT2D eigenvalue weighted by Crippen LogP contribution is 2.29. The second-order valence-corrected chi connectivity index (χ2v) is 5.46. The molecule has 7 heteroatoms. The summed E-state index contributed by atoms with van der Waals surface area (Å²) in [5, 5.41) is 11.6. The zero-order valence-corrected chi connectivity index (χ0v) is 13.1. The fourth-order valence-corrected chi connectivity index (χ4v) is 2.27. The molecule has 132 valence electrons. The summed E-state index contributed by atoms with van der Waals surface area (Å²) in [7, 11) is 0. The van der Waals surface area contributed by atoms with Crippen LogP contribution in [0.15, 0.2) is 54.6 Å². The van der Waals surface area contributed by atoms with Crippen LogP contribution in [0, 0.1) is 0 Å². The van der Waals surface area contributed by atoms with Gasteiger partial charge in [-0.05, 0) is 42.7 Å². The first-order chi connectivity index (χ1) is 11.8. The lowest BCUT2D eigenvalue weighted by Crippen LogP contribution is -2.41. The highest BCUT2D eigenvalue weighted by molar-refractivity contribution is 5.96. The van der Waals surface area contributed by atoms with E-state index in [1.165, 1.54) is 0 Å². The first-order valence-electron chi connectivity index (χ1n) is 7.52. The first-order valence-corrected chi connectivity index (χ1v) is 7.52. The van der Waals surface area contributed by atoms with Crippen molar-refractivity contribution in [2.75, 3.05) is 0 Å². The number of aliphatic carboxylic acids is 1. The van der Waals surface area contributed by atoms with E-state index in [0.717, 1.165) is 29.8 Å². The third-order valence-corrected chi connectivity index (χ3v) is 3.64. The molecule has 0 aliphatic rings. The van der Waals surface area contributed by atoms with Gasteiger partial charge in [0.25, 0.3) is 5.91 Å². The standard InChI is InChI=1S/C18H16F3NO3/c19-18(20,21)14-9-7-13(8-10-14)16(23)22-15(17(24)25)11-6-12-4-2-1-3-5-12/h1-5,7-10,15H,6,11H2,(H,22,23)(H,24,25)/t15-/m0/s1. The number of halogens is 3. The fraction of sp³-hybridized carbons (Fsp3) is 0.222. The first kappa shape index (κ1) is 18.5. The molecule has 0 unspecified atom stereocenters. The number of hydrogen-bond acceptors (Lipinski definition) is 2. The summed E-state index contributed by atoms with van der Waals surface area (Å²) in [6.45, 7) is 0. The Morgan fingerprint density at radius 2 is 1.60 bits per heavy atom. The number of carbonyl (C=O) groups excluding carboxylic acids is 1. The van der Waals surface area contributed by atoms with Gasteiger partial charge in [0, 0.05) is 5.56 Å². The summed E-state index contributed by atoms with van der Waals surface area (Å²) < 4.78 is 37.6. The minimum atomic E-state index is -4.49. The lowest BCUT2D eigenvalue weighted by molar-refractivity contribution is -0.139. The van der Waals surface area contributed by atoms with E-state index >= 15 is 0 Å². The molecule has 0 aliphatic carbocycles. The van der Waals surface area contributed by atoms with Gasteiger partial charge in [0.1, 0.15) is 6.04 Å². The van der Waals surface area contributed by atoms with Crippen LogP contribution >= 0.6 is 0 Å². The van der Waals surface area contributed by atoms with Gasteiger partial charge >= 0.3 is 12.1 Å². The van der Waals surface area contributed by atoms with Crippen LogP contribution in [-0.4, -0.2) is 23.0 Å². The van der Waals surface area contributed by atoms with Crippen molar-refractivity contribution < 1.29 is 27.9 Å². The van der Waals surface area contributed by atoms with E-state index in [0.29, 0.717) is 6.42 Å². The van der Waals surface area contributed by atoms with Crippen molar-refractivity contribution in [3.63, 3.8) is 0 Å². The maximum absolute atomic E-state index is 12.5. The molecule has 2 rings (SSSR count). The summed E-state index contributed by atoms with van der Waals surface area (Å²) in [6.07, 6.45) is -3.87. The van der Waals surface area contributed by atoms with Crippen LogP contribution in [0.3, 0.4) is 0 Å². The predicted octanol–water partition coefficient (Wildman–Crippen LogP) is 3.52. The van der Waals surface area contributed by atoms with Gasteiger partial charge in [-0.2, -0.15) is 13.2 Å². The Morgan fingerprint density at radius 3 is 2.12 bits per heavy atom. The molecule has 2 aromatic rings. The van der Waals surface area contributed by atoms with Gasteiger partial charge in [-0.1, -0.05) is 30.3 Å². The van der Waals surface area contributed by atoms with Crippen LogP contribution in [0.1, 0.15) is 27.9 Å². The summed E-state index contributed by atoms with van der Waals surface area (Å²) in [5.41, 5.74) is 0.0272. The second kappa shape index (κ2) is 7.83. The van der Waals surface area contributed by atoms with Gasteiger partial charge in [-0.15, -0.1) is 0 Å². The molecular weight excluding hydrogens is 335 g/mol. The van der Waals surface area contributed by atoms with E-state index in [9.17, 15) is 27.9 Å². The topological polar surface area (TPSA) is 66.4 Å². The average Bonchev–Trinajstić information content (AvgIpc) is 2.58. The highest BCUT2D eigenvalue weighted by atomic mass is 19.4. The zero-order valence-electron chi connectivity index (χ0n) is 13.1. The Bertz CT molecular complexity index is 727. The number of carboxylic acid groups (broad SMARTS) is 1. The van der Waals surface area contributed by atoms with Gasteiger partial charge in [0.05, 0.1) is 5.56 Å². The molecule has 2 aromatic carbocycles. The Labute approximate surface area is 142 Å². The van der Waals surface area contributed by atoms with Crippen LogP contribution in [0.25, 0.3) is 0 Å². The Hall–Kier alpha value is -2.83. The van der Waals surface area contributed by atoms with E-state index in [2.05, 4.69) is 5.32 Å². The van der Waals surface area contributed by atoms with Crippen LogP contribution in [0.2, 0.25) is 0 Å². The van der Waals surface area contributed by atoms with Crippen molar-refractivity contribution in [1.82, 2.24) is 5.32 Å². The Balaban J connectivity index is 2.01. The molecule has 0 saturated carbocycles. The molecule has 0 fully saturated rings. The van der Waals surface area contributed by atoms with Gasteiger partial charge in [0.15, 0.2) is 0 Å². The average molecular weight is 351 g/mol. The van der Waals surface area contributed by atoms with Crippen LogP contribution in [0.4, 0.5) is 13.2 Å². The summed E-state index contributed by atoms with van der Waals surface area (Å²) >= 11 is 0. The summed E-state index contributed by atoms with van der Waals surface area (Å²) in [5.74, 6) is -1.93. The van der Waals surface area contributed by atoms with Crippen molar-refractivity contribution in [2.45, 2.75) is 25.1 Å². The third kappa shape index (κ3) is 5.34. The molecule has 1 atom stereocenters. The van der Waals surface area contributed by atoms with Gasteiger partial charge in [-0.3, -0.25) is 4.79 Å². The molecule has 0 saturated heterocycles. The molecule has 0 aromatic heterocycles.